The SMILES string of the molecule is CN(C)S(=O)(=O)c1cc(NC(=O)CN2CC=C(c3ccccc3)CC2)ccc1Cl. The third-order valence-corrected chi connectivity index (χ3v) is 7.08. The van der Waals surface area contributed by atoms with Crippen molar-refractivity contribution in [1.82, 2.24) is 9.21 Å². The van der Waals surface area contributed by atoms with E-state index in [-0.39, 0.29) is 22.4 Å². The van der Waals surface area contributed by atoms with Gasteiger partial charge in [0.05, 0.1) is 11.6 Å². The molecule has 6 nitrogen and oxygen atoms in total. The first-order valence-electron chi connectivity index (χ1n) is 9.26. The Labute approximate surface area is 176 Å². The minimum atomic E-state index is -3.69. The molecule has 0 aromatic heterocycles. The Kier molecular flexibility index (Phi) is 6.74. The first-order valence-corrected chi connectivity index (χ1v) is 11.1. The molecular formula is C21H24ClN3O3S. The summed E-state index contributed by atoms with van der Waals surface area (Å²) >= 11 is 6.05. The maximum Gasteiger partial charge on any atom is 0.244 e. The van der Waals surface area contributed by atoms with Crippen molar-refractivity contribution in [2.45, 2.75) is 11.3 Å². The largest absolute Gasteiger partial charge is 0.325 e. The number of hydrogen-bond donors (Lipinski definition) is 1. The molecule has 8 heteroatoms. The number of carbonyl (C=O) groups excluding carboxylic acids is 1. The lowest BCUT2D eigenvalue weighted by Crippen LogP contribution is -2.36. The number of hydrogen-bond acceptors (Lipinski definition) is 4. The van der Waals surface area contributed by atoms with Crippen LogP contribution in [0.2, 0.25) is 5.02 Å². The van der Waals surface area contributed by atoms with Crippen molar-refractivity contribution in [1.29, 1.82) is 0 Å². The molecular weight excluding hydrogens is 410 g/mol. The average Bonchev–Trinajstić information content (AvgIpc) is 2.70. The van der Waals surface area contributed by atoms with Crippen molar-refractivity contribution < 1.29 is 13.2 Å². The van der Waals surface area contributed by atoms with Gasteiger partial charge in [-0.25, -0.2) is 12.7 Å². The van der Waals surface area contributed by atoms with Gasteiger partial charge in [-0.2, -0.15) is 0 Å². The first-order chi connectivity index (χ1) is 13.8. The maximum atomic E-state index is 12.4. The lowest BCUT2D eigenvalue weighted by Gasteiger charge is -2.26. The van der Waals surface area contributed by atoms with E-state index in [9.17, 15) is 13.2 Å². The van der Waals surface area contributed by atoms with Gasteiger partial charge in [-0.05, 0) is 35.8 Å². The Bertz CT molecular complexity index is 1020. The molecule has 0 spiro atoms. The summed E-state index contributed by atoms with van der Waals surface area (Å²) in [5.74, 6) is -0.197. The summed E-state index contributed by atoms with van der Waals surface area (Å²) in [4.78, 5) is 14.5. The van der Waals surface area contributed by atoms with Gasteiger partial charge in [0.1, 0.15) is 4.90 Å². The predicted molar refractivity (Wildman–Crippen MR) is 116 cm³/mol. The van der Waals surface area contributed by atoms with E-state index in [0.29, 0.717) is 12.2 Å². The van der Waals surface area contributed by atoms with Crippen LogP contribution in [0.15, 0.2) is 59.5 Å². The number of halogens is 1. The van der Waals surface area contributed by atoms with Crippen molar-refractivity contribution >= 4 is 38.8 Å². The highest BCUT2D eigenvalue weighted by atomic mass is 35.5. The smallest absolute Gasteiger partial charge is 0.244 e. The van der Waals surface area contributed by atoms with Gasteiger partial charge in [0, 0.05) is 32.9 Å². The molecule has 0 saturated heterocycles. The lowest BCUT2D eigenvalue weighted by atomic mass is 10.00. The normalized spacial score (nSPS) is 15.2. The number of rotatable bonds is 6. The highest BCUT2D eigenvalue weighted by Crippen LogP contribution is 2.27. The van der Waals surface area contributed by atoms with E-state index in [2.05, 4.69) is 28.4 Å². The van der Waals surface area contributed by atoms with Crippen LogP contribution in [0.1, 0.15) is 12.0 Å². The Morgan fingerprint density at radius 3 is 2.52 bits per heavy atom. The Morgan fingerprint density at radius 1 is 1.17 bits per heavy atom. The highest BCUT2D eigenvalue weighted by molar-refractivity contribution is 7.89. The van der Waals surface area contributed by atoms with Gasteiger partial charge in [-0.1, -0.05) is 48.0 Å². The van der Waals surface area contributed by atoms with Crippen LogP contribution < -0.4 is 5.32 Å². The van der Waals surface area contributed by atoms with Crippen molar-refractivity contribution in [2.24, 2.45) is 0 Å². The summed E-state index contributed by atoms with van der Waals surface area (Å²) in [6, 6.07) is 14.7. The molecule has 0 saturated carbocycles. The monoisotopic (exact) mass is 433 g/mol. The van der Waals surface area contributed by atoms with Crippen LogP contribution in [0.5, 0.6) is 0 Å². The van der Waals surface area contributed by atoms with Gasteiger partial charge in [-0.15, -0.1) is 0 Å². The van der Waals surface area contributed by atoms with Gasteiger partial charge in [0.2, 0.25) is 15.9 Å². The third-order valence-electron chi connectivity index (χ3n) is 4.78. The molecule has 1 aliphatic rings. The molecule has 1 amide bonds. The van der Waals surface area contributed by atoms with E-state index < -0.39 is 10.0 Å². The minimum absolute atomic E-state index is 0.0321. The molecule has 0 bridgehead atoms. The summed E-state index contributed by atoms with van der Waals surface area (Å²) in [5, 5.41) is 2.88. The molecule has 0 fully saturated rings. The molecule has 1 N–H and O–H groups in total. The summed E-state index contributed by atoms with van der Waals surface area (Å²) < 4.78 is 25.8. The third kappa shape index (κ3) is 5.25. The van der Waals surface area contributed by atoms with E-state index in [4.69, 9.17) is 11.6 Å². The van der Waals surface area contributed by atoms with Gasteiger partial charge in [0.15, 0.2) is 0 Å². The molecule has 154 valence electrons. The second-order valence-electron chi connectivity index (χ2n) is 7.06. The number of carbonyl (C=O) groups is 1. The van der Waals surface area contributed by atoms with Gasteiger partial charge in [-0.3, -0.25) is 9.69 Å². The molecule has 2 aromatic rings. The predicted octanol–water partition coefficient (Wildman–Crippen LogP) is 3.32. The van der Waals surface area contributed by atoms with Crippen molar-refractivity contribution in [3.05, 3.63) is 65.2 Å². The summed E-state index contributed by atoms with van der Waals surface area (Å²) in [7, 11) is -0.824. The van der Waals surface area contributed by atoms with Gasteiger partial charge >= 0.3 is 0 Å². The molecule has 2 aromatic carbocycles. The summed E-state index contributed by atoms with van der Waals surface area (Å²) in [6.45, 7) is 1.71. The number of sulfonamides is 1. The van der Waals surface area contributed by atoms with Crippen LogP contribution in [-0.4, -0.2) is 57.3 Å². The van der Waals surface area contributed by atoms with Crippen LogP contribution >= 0.6 is 11.6 Å². The fourth-order valence-electron chi connectivity index (χ4n) is 3.15. The second kappa shape index (κ2) is 9.09. The van der Waals surface area contributed by atoms with Gasteiger partial charge < -0.3 is 5.32 Å². The van der Waals surface area contributed by atoms with E-state index in [1.807, 2.05) is 18.2 Å². The Hall–Kier alpha value is -2.19. The molecule has 3 rings (SSSR count). The zero-order valence-electron chi connectivity index (χ0n) is 16.4. The summed E-state index contributed by atoms with van der Waals surface area (Å²) in [5.41, 5.74) is 2.91. The van der Waals surface area contributed by atoms with E-state index in [1.54, 1.807) is 6.07 Å². The van der Waals surface area contributed by atoms with Crippen LogP contribution in [0, 0.1) is 0 Å². The minimum Gasteiger partial charge on any atom is -0.325 e. The number of anilines is 1. The van der Waals surface area contributed by atoms with Crippen molar-refractivity contribution in [3.63, 3.8) is 0 Å². The van der Waals surface area contributed by atoms with Crippen LogP contribution in [-0.2, 0) is 14.8 Å². The standard InChI is InChI=1S/C21H24ClN3O3S/c1-24(2)29(27,28)20-14-18(8-9-19(20)22)23-21(26)15-25-12-10-17(11-13-25)16-6-4-3-5-7-16/h3-10,14H,11-13,15H2,1-2H3,(H,23,26). The molecule has 29 heavy (non-hydrogen) atoms. The summed E-state index contributed by atoms with van der Waals surface area (Å²) in [6.07, 6.45) is 3.03. The van der Waals surface area contributed by atoms with E-state index in [0.717, 1.165) is 17.3 Å². The number of benzene rings is 2. The highest BCUT2D eigenvalue weighted by Gasteiger charge is 2.22. The Morgan fingerprint density at radius 2 is 1.90 bits per heavy atom. The fourth-order valence-corrected chi connectivity index (χ4v) is 4.54. The van der Waals surface area contributed by atoms with E-state index >= 15 is 0 Å². The topological polar surface area (TPSA) is 69.7 Å². The quantitative estimate of drug-likeness (QED) is 0.758. The maximum absolute atomic E-state index is 12.4. The molecule has 0 atom stereocenters. The molecule has 0 radical (unpaired) electrons. The van der Waals surface area contributed by atoms with Crippen LogP contribution in [0.4, 0.5) is 5.69 Å². The Balaban J connectivity index is 1.63. The van der Waals surface area contributed by atoms with Crippen molar-refractivity contribution in [3.8, 4) is 0 Å². The number of nitrogens with one attached hydrogen (secondary N) is 1. The second-order valence-corrected chi connectivity index (χ2v) is 9.59. The van der Waals surface area contributed by atoms with Crippen LogP contribution in [0.3, 0.4) is 0 Å². The lowest BCUT2D eigenvalue weighted by molar-refractivity contribution is -0.117. The fraction of sp³-hybridized carbons (Fsp3) is 0.286. The first kappa shape index (κ1) is 21.5. The zero-order valence-corrected chi connectivity index (χ0v) is 18.0. The number of nitrogens with zero attached hydrogens (tertiary/aromatic N) is 2. The number of amides is 1. The molecule has 0 aliphatic carbocycles. The van der Waals surface area contributed by atoms with Crippen molar-refractivity contribution in [2.75, 3.05) is 39.0 Å². The molecule has 1 heterocycles. The average molecular weight is 434 g/mol. The van der Waals surface area contributed by atoms with Gasteiger partial charge in [0.25, 0.3) is 0 Å². The zero-order chi connectivity index (χ0) is 21.0. The molecule has 1 aliphatic heterocycles. The molecule has 0 unspecified atom stereocenters. The van der Waals surface area contributed by atoms with E-state index in [1.165, 1.54) is 37.4 Å². The van der Waals surface area contributed by atoms with Crippen LogP contribution in [0.25, 0.3) is 5.57 Å².